The van der Waals surface area contributed by atoms with Gasteiger partial charge in [0, 0.05) is 31.8 Å². The molecule has 3 rings (SSSR count). The molecular weight excluding hydrogens is 366 g/mol. The van der Waals surface area contributed by atoms with Crippen molar-refractivity contribution in [1.29, 1.82) is 0 Å². The Hall–Kier alpha value is -2.22. The van der Waals surface area contributed by atoms with Crippen LogP contribution in [0.25, 0.3) is 11.0 Å². The number of hydrogen-bond acceptors (Lipinski definition) is 3. The number of carbonyl (C=O) groups excluding carboxylic acids is 2. The van der Waals surface area contributed by atoms with Crippen LogP contribution < -0.4 is 11.1 Å². The molecule has 2 heterocycles. The molecule has 140 valence electrons. The SMILES string of the molecule is NC(=O)Cn1cc(C(=O)NCC2CCCC(F)(F)C2)c2c(Cl)ccnc21. The number of nitrogens with two attached hydrogens (primary N) is 1. The number of amides is 2. The fourth-order valence-corrected chi connectivity index (χ4v) is 3.66. The standard InChI is InChI=1S/C17H19ClF2N4O2/c18-12-3-5-22-15-14(12)11(8-24(15)9-13(21)25)16(26)23-7-10-2-1-4-17(19,20)6-10/h3,5,8,10H,1-2,4,6-7,9H2,(H2,21,25)(H,23,26). The minimum atomic E-state index is -2.67. The Balaban J connectivity index is 1.81. The van der Waals surface area contributed by atoms with Crippen LogP contribution in [0.15, 0.2) is 18.5 Å². The third-order valence-corrected chi connectivity index (χ3v) is 4.89. The normalized spacial score (nSPS) is 19.4. The summed E-state index contributed by atoms with van der Waals surface area (Å²) in [5.74, 6) is -3.96. The lowest BCUT2D eigenvalue weighted by atomic mass is 9.86. The molecule has 0 saturated heterocycles. The van der Waals surface area contributed by atoms with Gasteiger partial charge in [-0.25, -0.2) is 13.8 Å². The lowest BCUT2D eigenvalue weighted by Crippen LogP contribution is -2.35. The summed E-state index contributed by atoms with van der Waals surface area (Å²) in [4.78, 5) is 28.0. The molecule has 9 heteroatoms. The minimum Gasteiger partial charge on any atom is -0.368 e. The van der Waals surface area contributed by atoms with Crippen LogP contribution in [0.5, 0.6) is 0 Å². The van der Waals surface area contributed by atoms with Gasteiger partial charge in [-0.3, -0.25) is 9.59 Å². The monoisotopic (exact) mass is 384 g/mol. The van der Waals surface area contributed by atoms with Crippen molar-refractivity contribution in [3.05, 3.63) is 29.0 Å². The zero-order valence-corrected chi connectivity index (χ0v) is 14.7. The van der Waals surface area contributed by atoms with Crippen molar-refractivity contribution >= 4 is 34.4 Å². The van der Waals surface area contributed by atoms with E-state index in [0.29, 0.717) is 28.9 Å². The number of carbonyl (C=O) groups is 2. The first-order valence-corrected chi connectivity index (χ1v) is 8.72. The topological polar surface area (TPSA) is 90.0 Å². The third-order valence-electron chi connectivity index (χ3n) is 4.57. The van der Waals surface area contributed by atoms with Gasteiger partial charge in [-0.2, -0.15) is 0 Å². The van der Waals surface area contributed by atoms with Gasteiger partial charge < -0.3 is 15.6 Å². The van der Waals surface area contributed by atoms with Crippen LogP contribution in [0.4, 0.5) is 8.78 Å². The molecule has 0 spiro atoms. The molecule has 1 unspecified atom stereocenters. The van der Waals surface area contributed by atoms with E-state index in [9.17, 15) is 18.4 Å². The lowest BCUT2D eigenvalue weighted by Gasteiger charge is -2.28. The summed E-state index contributed by atoms with van der Waals surface area (Å²) in [6.45, 7) is 0.0146. The van der Waals surface area contributed by atoms with Gasteiger partial charge in [0.1, 0.15) is 12.2 Å². The Morgan fingerprint density at radius 1 is 1.46 bits per heavy atom. The van der Waals surface area contributed by atoms with Crippen molar-refractivity contribution in [3.63, 3.8) is 0 Å². The molecule has 6 nitrogen and oxygen atoms in total. The fraction of sp³-hybridized carbons (Fsp3) is 0.471. The van der Waals surface area contributed by atoms with E-state index in [1.807, 2.05) is 0 Å². The number of pyridine rings is 1. The van der Waals surface area contributed by atoms with Gasteiger partial charge in [-0.15, -0.1) is 0 Å². The van der Waals surface area contributed by atoms with Crippen LogP contribution in [-0.4, -0.2) is 33.8 Å². The first-order chi connectivity index (χ1) is 12.3. The van der Waals surface area contributed by atoms with Crippen LogP contribution in [0.2, 0.25) is 5.02 Å². The van der Waals surface area contributed by atoms with E-state index in [1.165, 1.54) is 23.0 Å². The fourth-order valence-electron chi connectivity index (χ4n) is 3.42. The number of primary amides is 1. The predicted octanol–water partition coefficient (Wildman–Crippen LogP) is 2.73. The highest BCUT2D eigenvalue weighted by molar-refractivity contribution is 6.36. The van der Waals surface area contributed by atoms with Gasteiger partial charge in [-0.1, -0.05) is 11.6 Å². The van der Waals surface area contributed by atoms with Gasteiger partial charge in [0.05, 0.1) is 16.0 Å². The third kappa shape index (κ3) is 3.95. The van der Waals surface area contributed by atoms with E-state index in [0.717, 1.165) is 0 Å². The molecule has 2 amide bonds. The Bertz CT molecular complexity index is 853. The summed E-state index contributed by atoms with van der Waals surface area (Å²) < 4.78 is 28.5. The first kappa shape index (κ1) is 18.6. The molecule has 0 aromatic carbocycles. The number of nitrogens with one attached hydrogen (secondary N) is 1. The van der Waals surface area contributed by atoms with Crippen LogP contribution in [0, 0.1) is 5.92 Å². The highest BCUT2D eigenvalue weighted by Gasteiger charge is 2.36. The zero-order valence-electron chi connectivity index (χ0n) is 14.0. The van der Waals surface area contributed by atoms with Gasteiger partial charge in [0.2, 0.25) is 11.8 Å². The smallest absolute Gasteiger partial charge is 0.253 e. The van der Waals surface area contributed by atoms with E-state index in [2.05, 4.69) is 10.3 Å². The van der Waals surface area contributed by atoms with Crippen molar-refractivity contribution in [2.45, 2.75) is 38.2 Å². The molecule has 0 bridgehead atoms. The summed E-state index contributed by atoms with van der Waals surface area (Å²) in [5.41, 5.74) is 5.83. The van der Waals surface area contributed by atoms with E-state index in [4.69, 9.17) is 17.3 Å². The van der Waals surface area contributed by atoms with Crippen LogP contribution in [0.1, 0.15) is 36.0 Å². The molecule has 1 aliphatic carbocycles. The summed E-state index contributed by atoms with van der Waals surface area (Å²) in [6, 6.07) is 1.54. The molecular formula is C17H19ClF2N4O2. The van der Waals surface area contributed by atoms with Crippen molar-refractivity contribution in [2.24, 2.45) is 11.7 Å². The summed E-state index contributed by atoms with van der Waals surface area (Å²) in [7, 11) is 0. The second-order valence-corrected chi connectivity index (χ2v) is 7.06. The number of hydrogen-bond donors (Lipinski definition) is 2. The highest BCUT2D eigenvalue weighted by atomic mass is 35.5. The number of fused-ring (bicyclic) bond motifs is 1. The lowest BCUT2D eigenvalue weighted by molar-refractivity contribution is -0.118. The van der Waals surface area contributed by atoms with Gasteiger partial charge >= 0.3 is 0 Å². The zero-order chi connectivity index (χ0) is 18.9. The second-order valence-electron chi connectivity index (χ2n) is 6.66. The minimum absolute atomic E-state index is 0.0979. The summed E-state index contributed by atoms with van der Waals surface area (Å²) in [6.07, 6.45) is 3.70. The second kappa shape index (κ2) is 7.19. The van der Waals surface area contributed by atoms with Crippen molar-refractivity contribution < 1.29 is 18.4 Å². The van der Waals surface area contributed by atoms with E-state index in [1.54, 1.807) is 0 Å². The Kier molecular flexibility index (Phi) is 5.13. The largest absolute Gasteiger partial charge is 0.368 e. The average molecular weight is 385 g/mol. The van der Waals surface area contributed by atoms with E-state index in [-0.39, 0.29) is 37.4 Å². The van der Waals surface area contributed by atoms with Crippen LogP contribution in [0.3, 0.4) is 0 Å². The number of halogens is 3. The number of rotatable bonds is 5. The van der Waals surface area contributed by atoms with Gasteiger partial charge in [0.15, 0.2) is 0 Å². The van der Waals surface area contributed by atoms with Gasteiger partial charge in [-0.05, 0) is 24.8 Å². The summed E-state index contributed by atoms with van der Waals surface area (Å²) in [5, 5.41) is 3.42. The quantitative estimate of drug-likeness (QED) is 0.830. The Morgan fingerprint density at radius 2 is 2.23 bits per heavy atom. The Morgan fingerprint density at radius 3 is 2.92 bits per heavy atom. The van der Waals surface area contributed by atoms with E-state index < -0.39 is 17.7 Å². The molecule has 3 N–H and O–H groups in total. The summed E-state index contributed by atoms with van der Waals surface area (Å²) >= 11 is 6.19. The molecule has 2 aromatic rings. The van der Waals surface area contributed by atoms with Crippen LogP contribution in [-0.2, 0) is 11.3 Å². The Labute approximate surface area is 153 Å². The molecule has 0 aliphatic heterocycles. The maximum atomic E-state index is 13.5. The maximum Gasteiger partial charge on any atom is 0.253 e. The molecule has 2 aromatic heterocycles. The number of nitrogens with zero attached hydrogens (tertiary/aromatic N) is 2. The maximum absolute atomic E-state index is 13.5. The van der Waals surface area contributed by atoms with Gasteiger partial charge in [0.25, 0.3) is 5.91 Å². The van der Waals surface area contributed by atoms with E-state index >= 15 is 0 Å². The molecule has 1 aliphatic rings. The molecule has 1 saturated carbocycles. The first-order valence-electron chi connectivity index (χ1n) is 8.34. The highest BCUT2D eigenvalue weighted by Crippen LogP contribution is 2.36. The van der Waals surface area contributed by atoms with Crippen LogP contribution >= 0.6 is 11.6 Å². The molecule has 1 atom stereocenters. The molecule has 0 radical (unpaired) electrons. The molecule has 26 heavy (non-hydrogen) atoms. The van der Waals surface area contributed by atoms with Crippen molar-refractivity contribution in [1.82, 2.24) is 14.9 Å². The van der Waals surface area contributed by atoms with Crippen molar-refractivity contribution in [2.75, 3.05) is 6.54 Å². The van der Waals surface area contributed by atoms with Crippen molar-refractivity contribution in [3.8, 4) is 0 Å². The average Bonchev–Trinajstić information content (AvgIpc) is 2.91. The molecule has 1 fully saturated rings. The predicted molar refractivity (Wildman–Crippen MR) is 93.2 cm³/mol. The number of alkyl halides is 2. The number of aromatic nitrogens is 2.